The summed E-state index contributed by atoms with van der Waals surface area (Å²) in [5.74, 6) is -0.264. The maximum Gasteiger partial charge on any atom is 0.409 e. The number of hydrogen-bond donors (Lipinski definition) is 1. The topological polar surface area (TPSA) is 79.0 Å². The van der Waals surface area contributed by atoms with Gasteiger partial charge in [-0.05, 0) is 75.1 Å². The number of fused-ring (bicyclic) bond motifs is 2. The molecule has 3 amide bonds. The Morgan fingerprint density at radius 2 is 1.77 bits per heavy atom. The summed E-state index contributed by atoms with van der Waals surface area (Å²) < 4.78 is 5.09. The summed E-state index contributed by atoms with van der Waals surface area (Å²) in [5.41, 5.74) is 5.21. The van der Waals surface area contributed by atoms with E-state index in [1.165, 1.54) is 0 Å². The number of carbonyl (C=O) groups excluding carboxylic acids is 3. The summed E-state index contributed by atoms with van der Waals surface area (Å²) in [4.78, 5) is 44.6. The zero-order valence-corrected chi connectivity index (χ0v) is 23.3. The second kappa shape index (κ2) is 11.5. The van der Waals surface area contributed by atoms with Gasteiger partial charge in [-0.1, -0.05) is 47.7 Å². The number of nitrogens with one attached hydrogen (secondary N) is 1. The van der Waals surface area contributed by atoms with Crippen molar-refractivity contribution in [2.45, 2.75) is 56.0 Å². The van der Waals surface area contributed by atoms with E-state index in [4.69, 9.17) is 4.74 Å². The van der Waals surface area contributed by atoms with Crippen LogP contribution in [0.4, 0.5) is 10.5 Å². The molecule has 2 heterocycles. The number of anilines is 1. The molecular weight excluding hydrogens is 510 g/mol. The van der Waals surface area contributed by atoms with E-state index in [1.54, 1.807) is 28.5 Å². The Hall–Kier alpha value is -3.78. The van der Waals surface area contributed by atoms with Crippen LogP contribution in [0.15, 0.2) is 70.5 Å². The lowest BCUT2D eigenvalue weighted by Crippen LogP contribution is -2.46. The first kappa shape index (κ1) is 26.8. The van der Waals surface area contributed by atoms with Crippen LogP contribution < -0.4 is 10.2 Å². The van der Waals surface area contributed by atoms with Gasteiger partial charge in [-0.15, -0.1) is 0 Å². The zero-order chi connectivity index (χ0) is 27.5. The third kappa shape index (κ3) is 5.81. The van der Waals surface area contributed by atoms with E-state index in [2.05, 4.69) is 30.4 Å². The van der Waals surface area contributed by atoms with Crippen molar-refractivity contribution >= 4 is 35.4 Å². The van der Waals surface area contributed by atoms with Gasteiger partial charge in [0.15, 0.2) is 0 Å². The van der Waals surface area contributed by atoms with Gasteiger partial charge in [0.1, 0.15) is 0 Å². The fraction of sp³-hybridized carbons (Fsp3) is 0.323. The van der Waals surface area contributed by atoms with Crippen molar-refractivity contribution in [1.29, 1.82) is 0 Å². The molecule has 202 valence electrons. The van der Waals surface area contributed by atoms with Gasteiger partial charge < -0.3 is 19.9 Å². The van der Waals surface area contributed by atoms with E-state index >= 15 is 0 Å². The summed E-state index contributed by atoms with van der Waals surface area (Å²) in [7, 11) is 0. The molecule has 0 bridgehead atoms. The number of benzene rings is 3. The molecule has 0 spiro atoms. The second-order valence-electron chi connectivity index (χ2n) is 10.0. The Bertz CT molecular complexity index is 1410. The van der Waals surface area contributed by atoms with E-state index in [0.717, 1.165) is 32.2 Å². The lowest BCUT2D eigenvalue weighted by atomic mass is 10.0. The highest BCUT2D eigenvalue weighted by Gasteiger charge is 2.29. The van der Waals surface area contributed by atoms with E-state index in [-0.39, 0.29) is 23.9 Å². The van der Waals surface area contributed by atoms with Crippen LogP contribution in [0.25, 0.3) is 0 Å². The van der Waals surface area contributed by atoms with Crippen molar-refractivity contribution in [3.8, 4) is 0 Å². The van der Waals surface area contributed by atoms with E-state index in [9.17, 15) is 14.4 Å². The smallest absolute Gasteiger partial charge is 0.409 e. The van der Waals surface area contributed by atoms with Gasteiger partial charge in [-0.25, -0.2) is 4.79 Å². The van der Waals surface area contributed by atoms with Gasteiger partial charge in [0.05, 0.1) is 24.4 Å². The highest BCUT2D eigenvalue weighted by Crippen LogP contribution is 2.42. The number of hydrogen-bond acceptors (Lipinski definition) is 5. The molecule has 3 aromatic rings. The summed E-state index contributed by atoms with van der Waals surface area (Å²) in [6.07, 6.45) is 1.02. The molecule has 0 saturated carbocycles. The largest absolute Gasteiger partial charge is 0.450 e. The van der Waals surface area contributed by atoms with Gasteiger partial charge in [-0.2, -0.15) is 0 Å². The molecule has 1 saturated heterocycles. The van der Waals surface area contributed by atoms with Gasteiger partial charge in [0.2, 0.25) is 0 Å². The Balaban J connectivity index is 1.41. The van der Waals surface area contributed by atoms with Crippen molar-refractivity contribution in [3.63, 3.8) is 0 Å². The van der Waals surface area contributed by atoms with E-state index in [0.29, 0.717) is 50.2 Å². The molecule has 1 N–H and O–H groups in total. The Labute approximate surface area is 233 Å². The fourth-order valence-corrected chi connectivity index (χ4v) is 6.11. The first-order chi connectivity index (χ1) is 18.8. The average molecular weight is 544 g/mol. The van der Waals surface area contributed by atoms with Crippen molar-refractivity contribution in [2.24, 2.45) is 0 Å². The van der Waals surface area contributed by atoms with Crippen LogP contribution in [0.1, 0.15) is 57.2 Å². The monoisotopic (exact) mass is 543 g/mol. The SMILES string of the molecule is CCOC(=O)N1CCC(NC(=O)c2ccc3c(c2)N(Cc2cc(C)ccc2C)C(=O)c2ccccc2S3)CC1. The third-order valence-corrected chi connectivity index (χ3v) is 8.42. The summed E-state index contributed by atoms with van der Waals surface area (Å²) >= 11 is 1.55. The summed E-state index contributed by atoms with van der Waals surface area (Å²) in [6, 6.07) is 19.5. The van der Waals surface area contributed by atoms with Crippen LogP contribution >= 0.6 is 11.8 Å². The van der Waals surface area contributed by atoms with E-state index in [1.807, 2.05) is 49.4 Å². The van der Waals surface area contributed by atoms with E-state index < -0.39 is 0 Å². The molecule has 0 radical (unpaired) electrons. The number of amides is 3. The number of piperidine rings is 1. The molecule has 2 aliphatic heterocycles. The molecule has 0 unspecified atom stereocenters. The minimum atomic E-state index is -0.305. The molecule has 39 heavy (non-hydrogen) atoms. The maximum atomic E-state index is 13.9. The van der Waals surface area contributed by atoms with Gasteiger partial charge in [-0.3, -0.25) is 9.59 Å². The Morgan fingerprint density at radius 3 is 2.54 bits per heavy atom. The van der Waals surface area contributed by atoms with Crippen LogP contribution in [0.5, 0.6) is 0 Å². The quantitative estimate of drug-likeness (QED) is 0.429. The normalized spacial score (nSPS) is 15.3. The van der Waals surface area contributed by atoms with Gasteiger partial charge in [0.25, 0.3) is 11.8 Å². The molecule has 0 aliphatic carbocycles. The van der Waals surface area contributed by atoms with Crippen LogP contribution in [0, 0.1) is 13.8 Å². The summed E-state index contributed by atoms with van der Waals surface area (Å²) in [6.45, 7) is 7.73. The fourth-order valence-electron chi connectivity index (χ4n) is 5.05. The Kier molecular flexibility index (Phi) is 7.93. The molecule has 2 aliphatic rings. The molecule has 8 heteroatoms. The predicted molar refractivity (Wildman–Crippen MR) is 153 cm³/mol. The number of likely N-dealkylation sites (tertiary alicyclic amines) is 1. The van der Waals surface area contributed by atoms with Crippen LogP contribution in [0.3, 0.4) is 0 Å². The van der Waals surface area contributed by atoms with Crippen molar-refractivity contribution < 1.29 is 19.1 Å². The van der Waals surface area contributed by atoms with Crippen molar-refractivity contribution in [1.82, 2.24) is 10.2 Å². The first-order valence-corrected chi connectivity index (χ1v) is 14.2. The summed E-state index contributed by atoms with van der Waals surface area (Å²) in [5, 5.41) is 3.13. The molecule has 0 aromatic heterocycles. The maximum absolute atomic E-state index is 13.9. The zero-order valence-electron chi connectivity index (χ0n) is 22.5. The highest BCUT2D eigenvalue weighted by molar-refractivity contribution is 7.99. The number of aryl methyl sites for hydroxylation is 2. The van der Waals surface area contributed by atoms with Crippen molar-refractivity contribution in [2.75, 3.05) is 24.6 Å². The number of ether oxygens (including phenoxy) is 1. The third-order valence-electron chi connectivity index (χ3n) is 7.28. The van der Waals surface area contributed by atoms with Gasteiger partial charge >= 0.3 is 6.09 Å². The van der Waals surface area contributed by atoms with Crippen LogP contribution in [0.2, 0.25) is 0 Å². The predicted octanol–water partition coefficient (Wildman–Crippen LogP) is 5.97. The average Bonchev–Trinajstić information content (AvgIpc) is 3.05. The van der Waals surface area contributed by atoms with Crippen LogP contribution in [-0.4, -0.2) is 48.5 Å². The number of nitrogens with zero attached hydrogens (tertiary/aromatic N) is 2. The Morgan fingerprint density at radius 1 is 1.00 bits per heavy atom. The first-order valence-electron chi connectivity index (χ1n) is 13.4. The molecule has 7 nitrogen and oxygen atoms in total. The minimum Gasteiger partial charge on any atom is -0.450 e. The highest BCUT2D eigenvalue weighted by atomic mass is 32.2. The second-order valence-corrected chi connectivity index (χ2v) is 11.1. The van der Waals surface area contributed by atoms with Crippen molar-refractivity contribution in [3.05, 3.63) is 88.5 Å². The lowest BCUT2D eigenvalue weighted by molar-refractivity contribution is 0.0858. The molecule has 0 atom stereocenters. The molecular formula is C31H33N3O4S. The standard InChI is InChI=1S/C31H33N3O4S/c1-4-38-31(37)33-15-13-24(14-16-33)32-29(35)22-11-12-28-26(18-22)34(19-23-17-20(2)9-10-21(23)3)30(36)25-7-5-6-8-27(25)39-28/h5-12,17-18,24H,4,13-16,19H2,1-3H3,(H,32,35). The molecule has 5 rings (SSSR count). The number of carbonyl (C=O) groups is 3. The number of rotatable bonds is 5. The lowest BCUT2D eigenvalue weighted by Gasteiger charge is -2.31. The van der Waals surface area contributed by atoms with Crippen LogP contribution in [-0.2, 0) is 11.3 Å². The van der Waals surface area contributed by atoms with Gasteiger partial charge in [0, 0.05) is 34.5 Å². The minimum absolute atomic E-state index is 0.0340. The molecule has 3 aromatic carbocycles. The molecule has 1 fully saturated rings.